The van der Waals surface area contributed by atoms with Gasteiger partial charge in [0.1, 0.15) is 0 Å². The maximum atomic E-state index is 6.22. The second kappa shape index (κ2) is 9.06. The molecule has 2 atom stereocenters. The topological polar surface area (TPSA) is 57.0 Å². The Labute approximate surface area is 130 Å². The molecule has 1 rings (SSSR count). The van der Waals surface area contributed by atoms with Crippen LogP contribution in [0.25, 0.3) is 0 Å². The van der Waals surface area contributed by atoms with Crippen LogP contribution in [0.4, 0.5) is 0 Å². The zero-order valence-corrected chi connectivity index (χ0v) is 14.3. The lowest BCUT2D eigenvalue weighted by Crippen LogP contribution is -2.61. The van der Waals surface area contributed by atoms with Crippen molar-refractivity contribution in [3.63, 3.8) is 0 Å². The van der Waals surface area contributed by atoms with Gasteiger partial charge in [0.05, 0.1) is 12.2 Å². The third-order valence-electron chi connectivity index (χ3n) is 4.86. The summed E-state index contributed by atoms with van der Waals surface area (Å²) in [6.07, 6.45) is 4.02. The molecule has 2 N–H and O–H groups in total. The average Bonchev–Trinajstić information content (AvgIpc) is 2.50. The third-order valence-corrected chi connectivity index (χ3v) is 4.86. The van der Waals surface area contributed by atoms with Gasteiger partial charge in [-0.3, -0.25) is 4.90 Å². The summed E-state index contributed by atoms with van der Waals surface area (Å²) in [6.45, 7) is 9.28. The number of nitrogens with two attached hydrogens (primary N) is 1. The van der Waals surface area contributed by atoms with Crippen molar-refractivity contribution in [3.8, 4) is 0 Å². The standard InChI is InChI=1S/C16H34N2O3/c1-5-15(2)13-16(14-17,7-11-21-15)18(9-12-20-4)8-6-10-19-3/h5-14,17H2,1-4H3. The quantitative estimate of drug-likeness (QED) is 0.622. The fourth-order valence-corrected chi connectivity index (χ4v) is 3.31. The summed E-state index contributed by atoms with van der Waals surface area (Å²) < 4.78 is 16.5. The van der Waals surface area contributed by atoms with Crippen LogP contribution >= 0.6 is 0 Å². The van der Waals surface area contributed by atoms with Crippen LogP contribution in [-0.4, -0.2) is 69.7 Å². The van der Waals surface area contributed by atoms with Gasteiger partial charge in [0, 0.05) is 52.6 Å². The van der Waals surface area contributed by atoms with E-state index in [1.54, 1.807) is 14.2 Å². The molecule has 0 aliphatic carbocycles. The molecule has 1 aliphatic rings. The molecule has 5 nitrogen and oxygen atoms in total. The van der Waals surface area contributed by atoms with Gasteiger partial charge < -0.3 is 19.9 Å². The summed E-state index contributed by atoms with van der Waals surface area (Å²) in [7, 11) is 3.50. The highest BCUT2D eigenvalue weighted by Crippen LogP contribution is 2.37. The van der Waals surface area contributed by atoms with E-state index in [0.717, 1.165) is 58.6 Å². The molecular formula is C16H34N2O3. The van der Waals surface area contributed by atoms with Gasteiger partial charge in [-0.2, -0.15) is 0 Å². The van der Waals surface area contributed by atoms with E-state index in [0.29, 0.717) is 6.54 Å². The predicted molar refractivity (Wildman–Crippen MR) is 85.6 cm³/mol. The van der Waals surface area contributed by atoms with Crippen LogP contribution in [0.2, 0.25) is 0 Å². The summed E-state index contributed by atoms with van der Waals surface area (Å²) >= 11 is 0. The Hall–Kier alpha value is -0.200. The van der Waals surface area contributed by atoms with E-state index in [4.69, 9.17) is 19.9 Å². The lowest BCUT2D eigenvalue weighted by molar-refractivity contribution is -0.131. The Morgan fingerprint density at radius 3 is 2.48 bits per heavy atom. The van der Waals surface area contributed by atoms with Crippen LogP contribution in [-0.2, 0) is 14.2 Å². The molecule has 0 amide bonds. The van der Waals surface area contributed by atoms with E-state index in [1.165, 1.54) is 0 Å². The largest absolute Gasteiger partial charge is 0.385 e. The summed E-state index contributed by atoms with van der Waals surface area (Å²) in [5.74, 6) is 0. The van der Waals surface area contributed by atoms with Gasteiger partial charge in [0.2, 0.25) is 0 Å². The van der Waals surface area contributed by atoms with Gasteiger partial charge in [-0.15, -0.1) is 0 Å². The number of nitrogens with zero attached hydrogens (tertiary/aromatic N) is 1. The number of hydrogen-bond donors (Lipinski definition) is 1. The second-order valence-corrected chi connectivity index (χ2v) is 6.33. The van der Waals surface area contributed by atoms with Crippen molar-refractivity contribution in [2.24, 2.45) is 5.73 Å². The first-order valence-electron chi connectivity index (χ1n) is 8.13. The highest BCUT2D eigenvalue weighted by Gasteiger charge is 2.44. The van der Waals surface area contributed by atoms with Gasteiger partial charge in [0.25, 0.3) is 0 Å². The van der Waals surface area contributed by atoms with Crippen LogP contribution in [0.1, 0.15) is 39.5 Å². The zero-order valence-electron chi connectivity index (χ0n) is 14.3. The molecule has 0 aromatic rings. The van der Waals surface area contributed by atoms with Crippen molar-refractivity contribution < 1.29 is 14.2 Å². The van der Waals surface area contributed by atoms with E-state index >= 15 is 0 Å². The summed E-state index contributed by atoms with van der Waals surface area (Å²) in [4.78, 5) is 2.51. The Bertz CT molecular complexity index is 291. The molecule has 0 bridgehead atoms. The van der Waals surface area contributed by atoms with E-state index < -0.39 is 0 Å². The lowest BCUT2D eigenvalue weighted by Gasteiger charge is -2.51. The Kier molecular flexibility index (Phi) is 8.13. The molecule has 2 unspecified atom stereocenters. The smallest absolute Gasteiger partial charge is 0.0670 e. The molecule has 0 saturated carbocycles. The van der Waals surface area contributed by atoms with E-state index in [2.05, 4.69) is 18.7 Å². The first kappa shape index (κ1) is 18.8. The molecule has 126 valence electrons. The maximum Gasteiger partial charge on any atom is 0.0670 e. The fourth-order valence-electron chi connectivity index (χ4n) is 3.31. The SMILES string of the molecule is CCC1(C)CC(CN)(N(CCCOC)CCOC)CCO1. The highest BCUT2D eigenvalue weighted by atomic mass is 16.5. The molecule has 0 radical (unpaired) electrons. The number of hydrogen-bond acceptors (Lipinski definition) is 5. The molecule has 1 fully saturated rings. The van der Waals surface area contributed by atoms with Gasteiger partial charge in [-0.25, -0.2) is 0 Å². The molecular weight excluding hydrogens is 268 g/mol. The van der Waals surface area contributed by atoms with Crippen molar-refractivity contribution in [3.05, 3.63) is 0 Å². The normalized spacial score (nSPS) is 30.0. The molecule has 5 heteroatoms. The highest BCUT2D eigenvalue weighted by molar-refractivity contribution is 5.00. The number of rotatable bonds is 10. The fraction of sp³-hybridized carbons (Fsp3) is 1.00. The number of methoxy groups -OCH3 is 2. The van der Waals surface area contributed by atoms with Gasteiger partial charge in [0.15, 0.2) is 0 Å². The summed E-state index contributed by atoms with van der Waals surface area (Å²) in [5, 5.41) is 0. The second-order valence-electron chi connectivity index (χ2n) is 6.33. The number of ether oxygens (including phenoxy) is 3. The molecule has 0 aromatic carbocycles. The minimum absolute atomic E-state index is 0.0231. The van der Waals surface area contributed by atoms with Gasteiger partial charge >= 0.3 is 0 Å². The minimum Gasteiger partial charge on any atom is -0.385 e. The molecule has 21 heavy (non-hydrogen) atoms. The summed E-state index contributed by atoms with van der Waals surface area (Å²) in [5.41, 5.74) is 6.18. The van der Waals surface area contributed by atoms with E-state index in [1.807, 2.05) is 0 Å². The first-order chi connectivity index (χ1) is 10.1. The summed E-state index contributed by atoms with van der Waals surface area (Å²) in [6, 6.07) is 0. The maximum absolute atomic E-state index is 6.22. The average molecular weight is 302 g/mol. The van der Waals surface area contributed by atoms with Crippen molar-refractivity contribution in [1.29, 1.82) is 0 Å². The van der Waals surface area contributed by atoms with Crippen LogP contribution in [0.3, 0.4) is 0 Å². The third kappa shape index (κ3) is 5.18. The van der Waals surface area contributed by atoms with E-state index in [9.17, 15) is 0 Å². The van der Waals surface area contributed by atoms with Crippen molar-refractivity contribution in [1.82, 2.24) is 4.90 Å². The van der Waals surface area contributed by atoms with Gasteiger partial charge in [-0.05, 0) is 32.6 Å². The van der Waals surface area contributed by atoms with Crippen LogP contribution in [0.5, 0.6) is 0 Å². The van der Waals surface area contributed by atoms with Crippen LogP contribution in [0, 0.1) is 0 Å². The molecule has 0 spiro atoms. The van der Waals surface area contributed by atoms with Crippen LogP contribution in [0.15, 0.2) is 0 Å². The zero-order chi connectivity index (χ0) is 15.8. The van der Waals surface area contributed by atoms with Crippen molar-refractivity contribution >= 4 is 0 Å². The Morgan fingerprint density at radius 1 is 1.19 bits per heavy atom. The molecule has 1 aliphatic heterocycles. The van der Waals surface area contributed by atoms with Crippen molar-refractivity contribution in [2.45, 2.75) is 50.7 Å². The van der Waals surface area contributed by atoms with Crippen LogP contribution < -0.4 is 5.73 Å². The predicted octanol–water partition coefficient (Wildman–Crippen LogP) is 1.65. The van der Waals surface area contributed by atoms with Crippen molar-refractivity contribution in [2.75, 3.05) is 53.7 Å². The minimum atomic E-state index is -0.0653. The van der Waals surface area contributed by atoms with Gasteiger partial charge in [-0.1, -0.05) is 6.92 Å². The molecule has 0 aromatic heterocycles. The molecule has 1 saturated heterocycles. The van der Waals surface area contributed by atoms with E-state index in [-0.39, 0.29) is 11.1 Å². The Morgan fingerprint density at radius 2 is 1.90 bits per heavy atom. The monoisotopic (exact) mass is 302 g/mol. The Balaban J connectivity index is 2.81. The molecule has 1 heterocycles. The lowest BCUT2D eigenvalue weighted by atomic mass is 9.77. The first-order valence-corrected chi connectivity index (χ1v) is 8.13.